The van der Waals surface area contributed by atoms with Crippen molar-refractivity contribution < 1.29 is 9.90 Å². The smallest absolute Gasteiger partial charge is 0.331 e. The van der Waals surface area contributed by atoms with Gasteiger partial charge in [0.25, 0.3) is 0 Å². The maximum atomic E-state index is 12.0. The molecule has 4 nitrogen and oxygen atoms in total. The molecule has 2 rings (SSSR count). The van der Waals surface area contributed by atoms with Crippen LogP contribution in [0.5, 0.6) is 0 Å². The van der Waals surface area contributed by atoms with E-state index in [1.807, 2.05) is 65.6 Å². The van der Waals surface area contributed by atoms with Crippen LogP contribution in [0.25, 0.3) is 0 Å². The van der Waals surface area contributed by atoms with Crippen LogP contribution in [0.4, 0.5) is 5.69 Å². The number of carboxylic acids is 1. The predicted molar refractivity (Wildman–Crippen MR) is 98.4 cm³/mol. The Morgan fingerprint density at radius 3 is 1.96 bits per heavy atom. The largest absolute Gasteiger partial charge is 0.479 e. The number of hydrogen-bond donors (Lipinski definition) is 1. The number of anilines is 1. The van der Waals surface area contributed by atoms with Gasteiger partial charge >= 0.3 is 5.97 Å². The quantitative estimate of drug-likeness (QED) is 0.764. The second kappa shape index (κ2) is 9.08. The summed E-state index contributed by atoms with van der Waals surface area (Å²) < 4.78 is 0. The molecule has 24 heavy (non-hydrogen) atoms. The molecule has 0 aliphatic carbocycles. The van der Waals surface area contributed by atoms with Gasteiger partial charge in [0.05, 0.1) is 0 Å². The molecule has 0 radical (unpaired) electrons. The summed E-state index contributed by atoms with van der Waals surface area (Å²) in [7, 11) is 0. The SMILES string of the molecule is CCN(CC)CCN(c1ccccc1)[C@H](C(=O)O)c1ccccc1. The van der Waals surface area contributed by atoms with Crippen LogP contribution >= 0.6 is 0 Å². The number of likely N-dealkylation sites (N-methyl/N-ethyl adjacent to an activating group) is 1. The fourth-order valence-electron chi connectivity index (χ4n) is 2.91. The van der Waals surface area contributed by atoms with Gasteiger partial charge in [0.15, 0.2) is 6.04 Å². The maximum absolute atomic E-state index is 12.0. The first-order valence-corrected chi connectivity index (χ1v) is 8.49. The van der Waals surface area contributed by atoms with E-state index in [1.54, 1.807) is 0 Å². The normalized spacial score (nSPS) is 12.1. The molecule has 0 aliphatic rings. The topological polar surface area (TPSA) is 43.8 Å². The van der Waals surface area contributed by atoms with Crippen LogP contribution in [0.3, 0.4) is 0 Å². The van der Waals surface area contributed by atoms with Crippen LogP contribution in [0.1, 0.15) is 25.5 Å². The second-order valence-corrected chi connectivity index (χ2v) is 5.71. The number of hydrogen-bond acceptors (Lipinski definition) is 3. The highest BCUT2D eigenvalue weighted by molar-refractivity contribution is 5.80. The fourth-order valence-corrected chi connectivity index (χ4v) is 2.91. The molecular weight excluding hydrogens is 300 g/mol. The van der Waals surface area contributed by atoms with E-state index in [2.05, 4.69) is 18.7 Å². The summed E-state index contributed by atoms with van der Waals surface area (Å²) in [6, 6.07) is 18.5. The average molecular weight is 326 g/mol. The lowest BCUT2D eigenvalue weighted by molar-refractivity contribution is -0.138. The van der Waals surface area contributed by atoms with E-state index in [4.69, 9.17) is 0 Å². The Morgan fingerprint density at radius 1 is 0.917 bits per heavy atom. The minimum atomic E-state index is -0.829. The first kappa shape index (κ1) is 18.0. The molecule has 1 N–H and O–H groups in total. The summed E-state index contributed by atoms with van der Waals surface area (Å²) in [6.07, 6.45) is 0. The van der Waals surface area contributed by atoms with Gasteiger partial charge in [0.2, 0.25) is 0 Å². The number of para-hydroxylation sites is 1. The minimum absolute atomic E-state index is 0.664. The number of carbonyl (C=O) groups is 1. The van der Waals surface area contributed by atoms with Crippen molar-refractivity contribution in [3.05, 3.63) is 66.2 Å². The number of aliphatic carboxylic acids is 1. The Kier molecular flexibility index (Phi) is 6.82. The number of rotatable bonds is 9. The zero-order valence-electron chi connectivity index (χ0n) is 14.4. The number of carboxylic acid groups (broad SMARTS) is 1. The Balaban J connectivity index is 2.34. The van der Waals surface area contributed by atoms with Crippen LogP contribution in [0, 0.1) is 0 Å². The van der Waals surface area contributed by atoms with E-state index in [1.165, 1.54) is 0 Å². The van der Waals surface area contributed by atoms with Crippen LogP contribution in [0.2, 0.25) is 0 Å². The molecule has 0 bridgehead atoms. The van der Waals surface area contributed by atoms with E-state index in [9.17, 15) is 9.90 Å². The summed E-state index contributed by atoms with van der Waals surface area (Å²) in [6.45, 7) is 7.67. The molecule has 4 heteroatoms. The van der Waals surface area contributed by atoms with Gasteiger partial charge in [-0.3, -0.25) is 0 Å². The van der Waals surface area contributed by atoms with Crippen molar-refractivity contribution >= 4 is 11.7 Å². The standard InChI is InChI=1S/C20H26N2O2/c1-3-21(4-2)15-16-22(18-13-9-6-10-14-18)19(20(23)24)17-11-7-5-8-12-17/h5-14,19H,3-4,15-16H2,1-2H3,(H,23,24)/t19-/m0/s1. The average Bonchev–Trinajstić information content (AvgIpc) is 2.62. The third-order valence-electron chi connectivity index (χ3n) is 4.30. The van der Waals surface area contributed by atoms with Gasteiger partial charge in [-0.15, -0.1) is 0 Å². The molecule has 2 aromatic rings. The lowest BCUT2D eigenvalue weighted by Gasteiger charge is -2.33. The van der Waals surface area contributed by atoms with Crippen molar-refractivity contribution in [1.29, 1.82) is 0 Å². The van der Waals surface area contributed by atoms with Crippen molar-refractivity contribution in [3.63, 3.8) is 0 Å². The van der Waals surface area contributed by atoms with Crippen LogP contribution in [-0.4, -0.2) is 42.2 Å². The highest BCUT2D eigenvalue weighted by Crippen LogP contribution is 2.27. The minimum Gasteiger partial charge on any atom is -0.479 e. The fraction of sp³-hybridized carbons (Fsp3) is 0.350. The van der Waals surface area contributed by atoms with Crippen LogP contribution in [-0.2, 0) is 4.79 Å². The zero-order valence-corrected chi connectivity index (χ0v) is 14.4. The van der Waals surface area contributed by atoms with E-state index < -0.39 is 12.0 Å². The summed E-state index contributed by atoms with van der Waals surface area (Å²) in [5.41, 5.74) is 1.73. The zero-order chi connectivity index (χ0) is 17.4. The Labute approximate surface area is 144 Å². The third-order valence-corrected chi connectivity index (χ3v) is 4.30. The highest BCUT2D eigenvalue weighted by Gasteiger charge is 2.27. The van der Waals surface area contributed by atoms with Crippen LogP contribution < -0.4 is 4.90 Å². The molecule has 0 amide bonds. The number of benzene rings is 2. The lowest BCUT2D eigenvalue weighted by atomic mass is 10.0. The maximum Gasteiger partial charge on any atom is 0.331 e. The van der Waals surface area contributed by atoms with Crippen molar-refractivity contribution in [2.24, 2.45) is 0 Å². The molecule has 0 aliphatic heterocycles. The number of nitrogens with zero attached hydrogens (tertiary/aromatic N) is 2. The van der Waals surface area contributed by atoms with Gasteiger partial charge in [-0.05, 0) is 30.8 Å². The molecule has 1 atom stereocenters. The summed E-state index contributed by atoms with van der Waals surface area (Å²) in [5, 5.41) is 9.88. The first-order valence-electron chi connectivity index (χ1n) is 8.49. The monoisotopic (exact) mass is 326 g/mol. The molecule has 0 unspecified atom stereocenters. The first-order chi connectivity index (χ1) is 11.7. The third kappa shape index (κ3) is 4.59. The van der Waals surface area contributed by atoms with Gasteiger partial charge in [-0.1, -0.05) is 62.4 Å². The molecule has 2 aromatic carbocycles. The summed E-state index contributed by atoms with van der Waals surface area (Å²) >= 11 is 0. The van der Waals surface area contributed by atoms with Crippen molar-refractivity contribution in [2.45, 2.75) is 19.9 Å². The molecule has 0 spiro atoms. The van der Waals surface area contributed by atoms with Crippen molar-refractivity contribution in [3.8, 4) is 0 Å². The van der Waals surface area contributed by atoms with Gasteiger partial charge in [0.1, 0.15) is 0 Å². The van der Waals surface area contributed by atoms with Gasteiger partial charge < -0.3 is 14.9 Å². The van der Waals surface area contributed by atoms with Crippen LogP contribution in [0.15, 0.2) is 60.7 Å². The van der Waals surface area contributed by atoms with Crippen molar-refractivity contribution in [2.75, 3.05) is 31.1 Å². The lowest BCUT2D eigenvalue weighted by Crippen LogP contribution is -2.40. The highest BCUT2D eigenvalue weighted by atomic mass is 16.4. The van der Waals surface area contributed by atoms with Gasteiger partial charge in [-0.2, -0.15) is 0 Å². The molecule has 0 fully saturated rings. The van der Waals surface area contributed by atoms with E-state index in [-0.39, 0.29) is 0 Å². The Morgan fingerprint density at radius 2 is 1.46 bits per heavy atom. The summed E-state index contributed by atoms with van der Waals surface area (Å²) in [5.74, 6) is -0.829. The molecule has 0 saturated carbocycles. The van der Waals surface area contributed by atoms with E-state index in [0.717, 1.165) is 30.9 Å². The molecule has 0 saturated heterocycles. The Hall–Kier alpha value is -2.33. The van der Waals surface area contributed by atoms with E-state index >= 15 is 0 Å². The predicted octanol–water partition coefficient (Wildman–Crippen LogP) is 3.66. The second-order valence-electron chi connectivity index (χ2n) is 5.71. The van der Waals surface area contributed by atoms with Gasteiger partial charge in [-0.25, -0.2) is 4.79 Å². The van der Waals surface area contributed by atoms with E-state index in [0.29, 0.717) is 6.54 Å². The molecule has 128 valence electrons. The molecular formula is C20H26N2O2. The molecule has 0 heterocycles. The Bertz CT molecular complexity index is 612. The summed E-state index contributed by atoms with van der Waals surface area (Å²) in [4.78, 5) is 16.3. The van der Waals surface area contributed by atoms with Gasteiger partial charge in [0, 0.05) is 18.8 Å². The molecule has 0 aromatic heterocycles. The van der Waals surface area contributed by atoms with Crippen molar-refractivity contribution in [1.82, 2.24) is 4.90 Å².